The normalized spacial score (nSPS) is 25.6. The van der Waals surface area contributed by atoms with E-state index in [0.717, 1.165) is 16.3 Å². The third-order valence-electron chi connectivity index (χ3n) is 7.07. The van der Waals surface area contributed by atoms with Crippen LogP contribution in [0.2, 0.25) is 0 Å². The standard InChI is InChI=1S/C22H19N2.Ir/c1-21(2)17-9-10-22(21,3)19-15-11-18(23-4)13-7-5-6-8-14(13)20(15)24-12-16(17)19;/h5-7,11-12,17H,9-10H2,1-3H3;/q-1;/t17-,22+;/m1./s1. The predicted molar refractivity (Wildman–Crippen MR) is 97.5 cm³/mol. The first kappa shape index (κ1) is 16.7. The Hall–Kier alpha value is -1.75. The quantitative estimate of drug-likeness (QED) is 0.275. The van der Waals surface area contributed by atoms with Gasteiger partial charge in [-0.25, -0.2) is 4.85 Å². The fraction of sp³-hybridized carbons (Fsp3) is 0.364. The molecule has 3 heteroatoms. The summed E-state index contributed by atoms with van der Waals surface area (Å²) in [6.07, 6.45) is 4.58. The van der Waals surface area contributed by atoms with E-state index in [1.54, 1.807) is 0 Å². The number of nitrogens with zero attached hydrogens (tertiary/aromatic N) is 2. The van der Waals surface area contributed by atoms with Crippen LogP contribution in [0.3, 0.4) is 0 Å². The van der Waals surface area contributed by atoms with Crippen molar-refractivity contribution in [2.75, 3.05) is 0 Å². The third kappa shape index (κ3) is 1.80. The van der Waals surface area contributed by atoms with Gasteiger partial charge in [0.25, 0.3) is 0 Å². The van der Waals surface area contributed by atoms with Gasteiger partial charge in [-0.2, -0.15) is 0 Å². The van der Waals surface area contributed by atoms with E-state index in [4.69, 9.17) is 11.6 Å². The van der Waals surface area contributed by atoms with Crippen LogP contribution in [0.25, 0.3) is 26.5 Å². The second-order valence-corrected chi connectivity index (χ2v) is 8.10. The Morgan fingerprint density at radius 2 is 2.08 bits per heavy atom. The van der Waals surface area contributed by atoms with Crippen LogP contribution in [0.1, 0.15) is 50.7 Å². The van der Waals surface area contributed by atoms with Gasteiger partial charge in [0, 0.05) is 26.3 Å². The molecule has 2 aliphatic rings. The number of aromatic nitrogens is 1. The Morgan fingerprint density at radius 3 is 2.84 bits per heavy atom. The number of hydrogen-bond donors (Lipinski definition) is 0. The SMILES string of the molecule is [C-]#[N+]c1cc2c3c(cnc2c2[c-]cccc12)[C@H]1CC[C@]3(C)C1(C)C.[Ir]. The van der Waals surface area contributed by atoms with Gasteiger partial charge in [0.1, 0.15) is 0 Å². The van der Waals surface area contributed by atoms with Gasteiger partial charge in [0.2, 0.25) is 0 Å². The molecule has 25 heavy (non-hydrogen) atoms. The molecule has 2 nitrogen and oxygen atoms in total. The van der Waals surface area contributed by atoms with Gasteiger partial charge in [-0.3, -0.25) is 0 Å². The molecule has 0 saturated heterocycles. The second-order valence-electron chi connectivity index (χ2n) is 8.10. The summed E-state index contributed by atoms with van der Waals surface area (Å²) in [5, 5.41) is 3.11. The molecule has 1 aromatic heterocycles. The Kier molecular flexibility index (Phi) is 3.43. The number of pyridine rings is 1. The largest absolute Gasteiger partial charge is 0.304 e. The molecule has 0 N–H and O–H groups in total. The van der Waals surface area contributed by atoms with Crippen LogP contribution in [0, 0.1) is 18.1 Å². The molecule has 1 saturated carbocycles. The number of fused-ring (bicyclic) bond motifs is 9. The van der Waals surface area contributed by atoms with Crippen LogP contribution < -0.4 is 0 Å². The van der Waals surface area contributed by atoms with Crippen LogP contribution in [-0.2, 0) is 25.5 Å². The van der Waals surface area contributed by atoms with Gasteiger partial charge in [-0.15, -0.1) is 35.0 Å². The summed E-state index contributed by atoms with van der Waals surface area (Å²) in [4.78, 5) is 8.64. The average molecular weight is 504 g/mol. The fourth-order valence-corrected chi connectivity index (χ4v) is 5.41. The summed E-state index contributed by atoms with van der Waals surface area (Å²) in [5.41, 5.74) is 4.98. The molecular weight excluding hydrogens is 484 g/mol. The summed E-state index contributed by atoms with van der Waals surface area (Å²) < 4.78 is 0. The zero-order valence-electron chi connectivity index (χ0n) is 14.6. The molecule has 0 aliphatic heterocycles. The van der Waals surface area contributed by atoms with Crippen molar-refractivity contribution in [1.82, 2.24) is 4.98 Å². The topological polar surface area (TPSA) is 17.2 Å². The Morgan fingerprint density at radius 1 is 1.28 bits per heavy atom. The molecule has 2 aromatic carbocycles. The Labute approximate surface area is 161 Å². The van der Waals surface area contributed by atoms with Crippen molar-refractivity contribution in [3.05, 3.63) is 59.1 Å². The van der Waals surface area contributed by atoms with Crippen molar-refractivity contribution in [3.63, 3.8) is 0 Å². The fourth-order valence-electron chi connectivity index (χ4n) is 5.41. The molecule has 1 fully saturated rings. The molecule has 0 unspecified atom stereocenters. The smallest absolute Gasteiger partial charge is 0.154 e. The molecule has 0 amide bonds. The number of benzene rings is 2. The summed E-state index contributed by atoms with van der Waals surface area (Å²) in [7, 11) is 0. The predicted octanol–water partition coefficient (Wildman–Crippen LogP) is 5.91. The first-order chi connectivity index (χ1) is 11.5. The minimum absolute atomic E-state index is 0. The molecule has 5 rings (SSSR count). The van der Waals surface area contributed by atoms with Crippen LogP contribution in [0.4, 0.5) is 5.69 Å². The summed E-state index contributed by atoms with van der Waals surface area (Å²) >= 11 is 0. The Balaban J connectivity index is 0.00000157. The minimum Gasteiger partial charge on any atom is -0.304 e. The first-order valence-corrected chi connectivity index (χ1v) is 8.63. The summed E-state index contributed by atoms with van der Waals surface area (Å²) in [6.45, 7) is 14.8. The van der Waals surface area contributed by atoms with Crippen molar-refractivity contribution in [1.29, 1.82) is 0 Å². The van der Waals surface area contributed by atoms with Crippen LogP contribution in [0.15, 0.2) is 30.5 Å². The van der Waals surface area contributed by atoms with Gasteiger partial charge in [0.15, 0.2) is 5.69 Å². The molecule has 2 bridgehead atoms. The molecule has 3 aromatic rings. The maximum Gasteiger partial charge on any atom is 0.154 e. The number of rotatable bonds is 0. The Bertz CT molecular complexity index is 1080. The van der Waals surface area contributed by atoms with Crippen LogP contribution in [0.5, 0.6) is 0 Å². The van der Waals surface area contributed by atoms with Crippen molar-refractivity contribution in [2.45, 2.75) is 44.9 Å². The summed E-state index contributed by atoms with van der Waals surface area (Å²) in [6, 6.07) is 11.3. The molecular formula is C22H19IrN2-. The van der Waals surface area contributed by atoms with Crippen molar-refractivity contribution in [3.8, 4) is 0 Å². The minimum atomic E-state index is 0. The first-order valence-electron chi connectivity index (χ1n) is 8.63. The molecule has 1 heterocycles. The summed E-state index contributed by atoms with van der Waals surface area (Å²) in [5.74, 6) is 0.584. The monoisotopic (exact) mass is 504 g/mol. The van der Waals surface area contributed by atoms with E-state index in [1.807, 2.05) is 18.2 Å². The van der Waals surface area contributed by atoms with Crippen molar-refractivity contribution < 1.29 is 20.1 Å². The van der Waals surface area contributed by atoms with Crippen LogP contribution >= 0.6 is 0 Å². The van der Waals surface area contributed by atoms with E-state index in [1.165, 1.54) is 29.4 Å². The van der Waals surface area contributed by atoms with Gasteiger partial charge in [-0.1, -0.05) is 26.8 Å². The van der Waals surface area contributed by atoms with Gasteiger partial charge in [-0.05, 0) is 51.6 Å². The molecule has 2 atom stereocenters. The zero-order chi connectivity index (χ0) is 16.7. The van der Waals surface area contributed by atoms with E-state index in [0.29, 0.717) is 11.6 Å². The van der Waals surface area contributed by atoms with Gasteiger partial charge >= 0.3 is 0 Å². The van der Waals surface area contributed by atoms with Crippen molar-refractivity contribution in [2.24, 2.45) is 5.41 Å². The average Bonchev–Trinajstić information content (AvgIpc) is 2.92. The maximum absolute atomic E-state index is 7.62. The molecule has 127 valence electrons. The van der Waals surface area contributed by atoms with E-state index in [-0.39, 0.29) is 30.9 Å². The number of hydrogen-bond acceptors (Lipinski definition) is 1. The third-order valence-corrected chi connectivity index (χ3v) is 7.07. The molecule has 0 spiro atoms. The van der Waals surface area contributed by atoms with Gasteiger partial charge in [0.05, 0.1) is 6.57 Å². The molecule has 2 aliphatic carbocycles. The van der Waals surface area contributed by atoms with E-state index < -0.39 is 0 Å². The van der Waals surface area contributed by atoms with Crippen molar-refractivity contribution >= 4 is 27.4 Å². The maximum atomic E-state index is 7.62. The van der Waals surface area contributed by atoms with E-state index >= 15 is 0 Å². The molecule has 1 radical (unpaired) electrons. The van der Waals surface area contributed by atoms with Crippen LogP contribution in [-0.4, -0.2) is 4.98 Å². The van der Waals surface area contributed by atoms with E-state index in [2.05, 4.69) is 43.9 Å². The van der Waals surface area contributed by atoms with E-state index in [9.17, 15) is 0 Å². The zero-order valence-corrected chi connectivity index (χ0v) is 17.0. The second kappa shape index (κ2) is 5.13. The van der Waals surface area contributed by atoms with Gasteiger partial charge < -0.3 is 4.98 Å².